The highest BCUT2D eigenvalue weighted by atomic mass is 35.5. The van der Waals surface area contributed by atoms with Crippen LogP contribution in [0.15, 0.2) is 23.3 Å². The molecule has 5 heteroatoms. The molecule has 12 heavy (non-hydrogen) atoms. The topological polar surface area (TPSA) is 58.0 Å². The van der Waals surface area contributed by atoms with Gasteiger partial charge in [-0.05, 0) is 17.7 Å². The molecule has 0 N–H and O–H groups in total. The maximum Gasteiger partial charge on any atom is 0.147 e. The minimum absolute atomic E-state index is 0.396. The second-order valence-corrected chi connectivity index (χ2v) is 2.39. The van der Waals surface area contributed by atoms with E-state index in [1.54, 1.807) is 18.2 Å². The summed E-state index contributed by atoms with van der Waals surface area (Å²) in [7, 11) is 1.47. The molecule has 1 aromatic carbocycles. The molecule has 0 saturated carbocycles. The first kappa shape index (κ1) is 8.71. The zero-order valence-corrected chi connectivity index (χ0v) is 7.12. The van der Waals surface area contributed by atoms with E-state index in [1.807, 2.05) is 0 Å². The number of nitrogens with zero attached hydrogens (tertiary/aromatic N) is 3. The molecule has 1 rings (SSSR count). The van der Waals surface area contributed by atoms with E-state index in [0.29, 0.717) is 16.5 Å². The van der Waals surface area contributed by atoms with Gasteiger partial charge in [-0.2, -0.15) is 0 Å². The maximum absolute atomic E-state index is 8.19. The molecule has 1 aromatic rings. The highest BCUT2D eigenvalue weighted by Crippen LogP contribution is 2.34. The Morgan fingerprint density at radius 2 is 2.33 bits per heavy atom. The summed E-state index contributed by atoms with van der Waals surface area (Å²) in [5.74, 6) is 0.400. The highest BCUT2D eigenvalue weighted by Gasteiger charge is 2.03. The van der Waals surface area contributed by atoms with Gasteiger partial charge in [-0.15, -0.1) is 0 Å². The van der Waals surface area contributed by atoms with Gasteiger partial charge in [0.15, 0.2) is 0 Å². The number of azide groups is 1. The molecule has 0 radical (unpaired) electrons. The number of methoxy groups -OCH3 is 1. The molecule has 4 nitrogen and oxygen atoms in total. The van der Waals surface area contributed by atoms with Crippen LogP contribution in [0.1, 0.15) is 0 Å². The van der Waals surface area contributed by atoms with Crippen molar-refractivity contribution in [2.24, 2.45) is 5.11 Å². The Bertz CT molecular complexity index is 333. The van der Waals surface area contributed by atoms with E-state index >= 15 is 0 Å². The van der Waals surface area contributed by atoms with Crippen molar-refractivity contribution < 1.29 is 4.74 Å². The molecule has 0 aliphatic heterocycles. The van der Waals surface area contributed by atoms with Gasteiger partial charge in [-0.1, -0.05) is 22.8 Å². The lowest BCUT2D eigenvalue weighted by atomic mass is 10.3. The average molecular weight is 184 g/mol. The van der Waals surface area contributed by atoms with E-state index in [4.69, 9.17) is 21.9 Å². The third-order valence-corrected chi connectivity index (χ3v) is 1.60. The molecule has 0 spiro atoms. The first-order chi connectivity index (χ1) is 5.79. The first-order valence-corrected chi connectivity index (χ1v) is 3.55. The first-order valence-electron chi connectivity index (χ1n) is 3.17. The van der Waals surface area contributed by atoms with Gasteiger partial charge in [0, 0.05) is 4.91 Å². The monoisotopic (exact) mass is 183 g/mol. The molecular formula is C7H6ClN3O. The molecule has 0 aliphatic carbocycles. The number of ether oxygens (including phenoxy) is 1. The third kappa shape index (κ3) is 1.61. The lowest BCUT2D eigenvalue weighted by Gasteiger charge is -2.04. The van der Waals surface area contributed by atoms with Crippen molar-refractivity contribution in [1.82, 2.24) is 0 Å². The quantitative estimate of drug-likeness (QED) is 0.394. The number of benzene rings is 1. The third-order valence-electron chi connectivity index (χ3n) is 1.30. The minimum atomic E-state index is 0.396. The van der Waals surface area contributed by atoms with E-state index in [2.05, 4.69) is 10.0 Å². The smallest absolute Gasteiger partial charge is 0.147 e. The van der Waals surface area contributed by atoms with Crippen LogP contribution in [-0.2, 0) is 0 Å². The van der Waals surface area contributed by atoms with Gasteiger partial charge in [0.25, 0.3) is 0 Å². The Labute approximate surface area is 74.3 Å². The summed E-state index contributed by atoms with van der Waals surface area (Å²) in [6.07, 6.45) is 0. The molecule has 0 atom stereocenters. The Balaban J connectivity index is 3.26. The van der Waals surface area contributed by atoms with Crippen LogP contribution >= 0.6 is 11.6 Å². The molecule has 0 aliphatic rings. The summed E-state index contributed by atoms with van der Waals surface area (Å²) in [5, 5.41) is 3.84. The Morgan fingerprint density at radius 3 is 2.92 bits per heavy atom. The summed E-state index contributed by atoms with van der Waals surface area (Å²) in [6, 6.07) is 4.98. The van der Waals surface area contributed by atoms with Crippen molar-refractivity contribution in [1.29, 1.82) is 0 Å². The summed E-state index contributed by atoms with van der Waals surface area (Å²) >= 11 is 5.76. The predicted molar refractivity (Wildman–Crippen MR) is 46.8 cm³/mol. The number of para-hydroxylation sites is 1. The zero-order valence-electron chi connectivity index (χ0n) is 6.36. The average Bonchev–Trinajstić information content (AvgIpc) is 2.05. The zero-order chi connectivity index (χ0) is 8.97. The molecule has 0 aromatic heterocycles. The van der Waals surface area contributed by atoms with Crippen LogP contribution in [-0.4, -0.2) is 7.11 Å². The Kier molecular flexibility index (Phi) is 2.80. The van der Waals surface area contributed by atoms with Crippen molar-refractivity contribution in [3.05, 3.63) is 33.7 Å². The van der Waals surface area contributed by atoms with Crippen molar-refractivity contribution in [3.8, 4) is 5.75 Å². The lowest BCUT2D eigenvalue weighted by molar-refractivity contribution is 0.416. The standard InChI is InChI=1S/C7H6ClN3O/c1-12-7-5(8)3-2-4-6(7)10-11-9/h2-4H,1H3. The largest absolute Gasteiger partial charge is 0.495 e. The van der Waals surface area contributed by atoms with E-state index in [0.717, 1.165) is 0 Å². The van der Waals surface area contributed by atoms with Gasteiger partial charge in [-0.25, -0.2) is 0 Å². The number of halogens is 1. The Hall–Kier alpha value is -1.38. The van der Waals surface area contributed by atoms with Gasteiger partial charge in [0.05, 0.1) is 17.8 Å². The van der Waals surface area contributed by atoms with Crippen molar-refractivity contribution in [2.75, 3.05) is 7.11 Å². The Morgan fingerprint density at radius 1 is 1.58 bits per heavy atom. The van der Waals surface area contributed by atoms with E-state index in [-0.39, 0.29) is 0 Å². The molecule has 0 bridgehead atoms. The number of rotatable bonds is 2. The fourth-order valence-electron chi connectivity index (χ4n) is 0.826. The summed E-state index contributed by atoms with van der Waals surface area (Å²) in [6.45, 7) is 0. The predicted octanol–water partition coefficient (Wildman–Crippen LogP) is 3.29. The summed E-state index contributed by atoms with van der Waals surface area (Å²) < 4.78 is 4.93. The molecule has 62 valence electrons. The lowest BCUT2D eigenvalue weighted by Crippen LogP contribution is -1.83. The van der Waals surface area contributed by atoms with E-state index in [9.17, 15) is 0 Å². The second-order valence-electron chi connectivity index (χ2n) is 1.98. The van der Waals surface area contributed by atoms with Crippen LogP contribution in [0.2, 0.25) is 5.02 Å². The van der Waals surface area contributed by atoms with E-state index < -0.39 is 0 Å². The highest BCUT2D eigenvalue weighted by molar-refractivity contribution is 6.32. The fourth-order valence-corrected chi connectivity index (χ4v) is 1.07. The molecule has 0 fully saturated rings. The van der Waals surface area contributed by atoms with Crippen LogP contribution in [0, 0.1) is 0 Å². The van der Waals surface area contributed by atoms with Crippen LogP contribution < -0.4 is 4.74 Å². The van der Waals surface area contributed by atoms with Gasteiger partial charge in [0.1, 0.15) is 5.75 Å². The number of hydrogen-bond acceptors (Lipinski definition) is 2. The summed E-state index contributed by atoms with van der Waals surface area (Å²) in [4.78, 5) is 2.64. The van der Waals surface area contributed by atoms with E-state index in [1.165, 1.54) is 7.11 Å². The van der Waals surface area contributed by atoms with Crippen LogP contribution in [0.4, 0.5) is 5.69 Å². The van der Waals surface area contributed by atoms with Gasteiger partial charge in [0.2, 0.25) is 0 Å². The van der Waals surface area contributed by atoms with Crippen molar-refractivity contribution in [2.45, 2.75) is 0 Å². The normalized spacial score (nSPS) is 8.83. The molecule has 0 heterocycles. The SMILES string of the molecule is COc1c(Cl)cccc1N=[N+]=[N-]. The van der Waals surface area contributed by atoms with Gasteiger partial charge >= 0.3 is 0 Å². The molecule has 0 unspecified atom stereocenters. The van der Waals surface area contributed by atoms with Gasteiger partial charge < -0.3 is 4.74 Å². The molecular weight excluding hydrogens is 178 g/mol. The van der Waals surface area contributed by atoms with Gasteiger partial charge in [-0.3, -0.25) is 0 Å². The second kappa shape index (κ2) is 3.85. The van der Waals surface area contributed by atoms with Crippen LogP contribution in [0.25, 0.3) is 10.4 Å². The summed E-state index contributed by atoms with van der Waals surface area (Å²) in [5.41, 5.74) is 8.59. The number of hydrogen-bond donors (Lipinski definition) is 0. The van der Waals surface area contributed by atoms with Crippen molar-refractivity contribution >= 4 is 17.3 Å². The van der Waals surface area contributed by atoms with Crippen molar-refractivity contribution in [3.63, 3.8) is 0 Å². The molecule has 0 saturated heterocycles. The minimum Gasteiger partial charge on any atom is -0.495 e. The van der Waals surface area contributed by atoms with Crippen LogP contribution in [0.5, 0.6) is 5.75 Å². The maximum atomic E-state index is 8.19. The fraction of sp³-hybridized carbons (Fsp3) is 0.143. The molecule has 0 amide bonds. The van der Waals surface area contributed by atoms with Crippen LogP contribution in [0.3, 0.4) is 0 Å².